The van der Waals surface area contributed by atoms with Crippen molar-refractivity contribution in [2.45, 2.75) is 0 Å². The Balaban J connectivity index is 2.80. The van der Waals surface area contributed by atoms with Crippen molar-refractivity contribution in [3.05, 3.63) is 52.8 Å². The number of hydrogen-bond acceptors (Lipinski definition) is 5. The van der Waals surface area contributed by atoms with E-state index in [1.807, 2.05) is 6.07 Å². The van der Waals surface area contributed by atoms with E-state index >= 15 is 0 Å². The first-order chi connectivity index (χ1) is 11.9. The van der Waals surface area contributed by atoms with Crippen LogP contribution in [0.5, 0.6) is 5.75 Å². The summed E-state index contributed by atoms with van der Waals surface area (Å²) in [5, 5.41) is 40.4. The van der Waals surface area contributed by atoms with Crippen LogP contribution in [0.1, 0.15) is 21.5 Å². The molecule has 7 nitrogen and oxygen atoms in total. The van der Waals surface area contributed by atoms with Crippen LogP contribution < -0.4 is 10.6 Å². The van der Waals surface area contributed by atoms with Crippen molar-refractivity contribution in [2.75, 3.05) is 7.05 Å². The minimum Gasteiger partial charge on any atom is -0.507 e. The first-order valence-electron chi connectivity index (χ1n) is 6.97. The highest BCUT2D eigenvalue weighted by Gasteiger charge is 2.24. The van der Waals surface area contributed by atoms with E-state index in [1.165, 1.54) is 31.3 Å². The Kier molecular flexibility index (Phi) is 4.96. The van der Waals surface area contributed by atoms with Crippen LogP contribution in [0.4, 0.5) is 4.39 Å². The van der Waals surface area contributed by atoms with E-state index in [9.17, 15) is 19.6 Å². The maximum atomic E-state index is 14.6. The van der Waals surface area contributed by atoms with Crippen molar-refractivity contribution in [3.8, 4) is 29.0 Å². The number of guanidine groups is 1. The topological polar surface area (TPSA) is 133 Å². The summed E-state index contributed by atoms with van der Waals surface area (Å²) in [6.07, 6.45) is 0. The summed E-state index contributed by atoms with van der Waals surface area (Å²) in [6.45, 7) is 0. The summed E-state index contributed by atoms with van der Waals surface area (Å²) in [6, 6.07) is 9.85. The third-order valence-electron chi connectivity index (χ3n) is 3.41. The molecule has 0 unspecified atom stereocenters. The van der Waals surface area contributed by atoms with Crippen molar-refractivity contribution in [2.24, 2.45) is 0 Å². The third kappa shape index (κ3) is 3.23. The summed E-state index contributed by atoms with van der Waals surface area (Å²) in [5.74, 6) is -2.64. The molecule has 0 aliphatic heterocycles. The highest BCUT2D eigenvalue weighted by atomic mass is 19.1. The number of halogens is 1. The molecule has 0 fully saturated rings. The van der Waals surface area contributed by atoms with Gasteiger partial charge in [0.1, 0.15) is 17.6 Å². The summed E-state index contributed by atoms with van der Waals surface area (Å²) >= 11 is 0. The Labute approximate surface area is 142 Å². The fraction of sp³-hybridized carbons (Fsp3) is 0.0588. The zero-order valence-corrected chi connectivity index (χ0v) is 13.0. The predicted molar refractivity (Wildman–Crippen MR) is 87.2 cm³/mol. The number of carbonyl (C=O) groups is 1. The lowest BCUT2D eigenvalue weighted by molar-refractivity contribution is 0.0974. The number of benzene rings is 2. The average Bonchev–Trinajstić information content (AvgIpc) is 2.61. The van der Waals surface area contributed by atoms with Crippen molar-refractivity contribution in [1.29, 1.82) is 15.9 Å². The lowest BCUT2D eigenvalue weighted by atomic mass is 9.92. The number of nitrogens with one attached hydrogen (secondary N) is 3. The van der Waals surface area contributed by atoms with Gasteiger partial charge in [0, 0.05) is 18.2 Å². The second-order valence-corrected chi connectivity index (χ2v) is 4.85. The molecule has 0 atom stereocenters. The Morgan fingerprint density at radius 3 is 2.48 bits per heavy atom. The molecule has 0 saturated heterocycles. The van der Waals surface area contributed by atoms with Crippen LogP contribution in [0.15, 0.2) is 30.3 Å². The maximum absolute atomic E-state index is 14.6. The van der Waals surface area contributed by atoms with Gasteiger partial charge in [-0.1, -0.05) is 12.1 Å². The number of aromatic hydroxyl groups is 1. The molecule has 8 heteroatoms. The molecule has 0 spiro atoms. The smallest absolute Gasteiger partial charge is 0.262 e. The van der Waals surface area contributed by atoms with Crippen LogP contribution in [-0.2, 0) is 0 Å². The lowest BCUT2D eigenvalue weighted by Crippen LogP contribution is -2.38. The van der Waals surface area contributed by atoms with E-state index < -0.39 is 17.5 Å². The van der Waals surface area contributed by atoms with Crippen LogP contribution in [0.3, 0.4) is 0 Å². The Morgan fingerprint density at radius 1 is 1.20 bits per heavy atom. The molecule has 0 radical (unpaired) electrons. The fourth-order valence-corrected chi connectivity index (χ4v) is 2.24. The molecule has 0 aliphatic carbocycles. The van der Waals surface area contributed by atoms with Crippen LogP contribution in [0.2, 0.25) is 0 Å². The van der Waals surface area contributed by atoms with E-state index in [4.69, 9.17) is 10.7 Å². The highest BCUT2D eigenvalue weighted by molar-refractivity contribution is 6.11. The number of amides is 1. The zero-order valence-electron chi connectivity index (χ0n) is 13.0. The molecular weight excluding hydrogens is 325 g/mol. The number of carbonyl (C=O) groups excluding carboxylic acids is 1. The van der Waals surface area contributed by atoms with Gasteiger partial charge in [0.15, 0.2) is 5.96 Å². The molecule has 4 N–H and O–H groups in total. The minimum absolute atomic E-state index is 0.0621. The van der Waals surface area contributed by atoms with E-state index in [1.54, 1.807) is 6.07 Å². The maximum Gasteiger partial charge on any atom is 0.262 e. The Bertz CT molecular complexity index is 957. The van der Waals surface area contributed by atoms with E-state index in [0.717, 1.165) is 6.07 Å². The highest BCUT2D eigenvalue weighted by Crippen LogP contribution is 2.35. The molecule has 0 bridgehead atoms. The second-order valence-electron chi connectivity index (χ2n) is 4.85. The first-order valence-corrected chi connectivity index (χ1v) is 6.97. The van der Waals surface area contributed by atoms with Gasteiger partial charge in [0.05, 0.1) is 22.8 Å². The van der Waals surface area contributed by atoms with E-state index in [-0.39, 0.29) is 33.8 Å². The molecule has 2 rings (SSSR count). The van der Waals surface area contributed by atoms with Crippen LogP contribution in [0, 0.1) is 33.9 Å². The van der Waals surface area contributed by atoms with Crippen LogP contribution in [0.25, 0.3) is 11.1 Å². The molecule has 0 aromatic heterocycles. The molecule has 25 heavy (non-hydrogen) atoms. The van der Waals surface area contributed by atoms with Crippen LogP contribution in [-0.4, -0.2) is 24.0 Å². The lowest BCUT2D eigenvalue weighted by Gasteiger charge is -2.15. The molecule has 2 aromatic rings. The molecule has 0 aliphatic rings. The number of rotatable bonds is 2. The Hall–Kier alpha value is -3.91. The summed E-state index contributed by atoms with van der Waals surface area (Å²) < 4.78 is 14.6. The number of phenols is 1. The molecule has 0 saturated carbocycles. The van der Waals surface area contributed by atoms with Gasteiger partial charge in [-0.15, -0.1) is 0 Å². The third-order valence-corrected chi connectivity index (χ3v) is 3.41. The molecule has 124 valence electrons. The van der Waals surface area contributed by atoms with Crippen molar-refractivity contribution < 1.29 is 14.3 Å². The van der Waals surface area contributed by atoms with Gasteiger partial charge in [0.25, 0.3) is 5.91 Å². The standard InChI is InChI=1S/C17H12FN5O2/c1-22-17(21)23-16(25)14-12(24)6-5-9(7-19)13(14)11-4-2-3-10(8-20)15(11)18/h2-6,24H,1H3,(H3,21,22,23,25). The van der Waals surface area contributed by atoms with Gasteiger partial charge >= 0.3 is 0 Å². The van der Waals surface area contributed by atoms with Gasteiger partial charge in [-0.2, -0.15) is 10.5 Å². The summed E-state index contributed by atoms with van der Waals surface area (Å²) in [5.41, 5.74) is -1.02. The number of hydrogen-bond donors (Lipinski definition) is 4. The monoisotopic (exact) mass is 337 g/mol. The first kappa shape index (κ1) is 17.4. The quantitative estimate of drug-likeness (QED) is 0.490. The molecule has 2 aromatic carbocycles. The van der Waals surface area contributed by atoms with Gasteiger partial charge in [-0.3, -0.25) is 15.5 Å². The molecule has 0 heterocycles. The van der Waals surface area contributed by atoms with E-state index in [0.29, 0.717) is 0 Å². The largest absolute Gasteiger partial charge is 0.507 e. The SMILES string of the molecule is CNC(=N)NC(=O)c1c(O)ccc(C#N)c1-c1cccc(C#N)c1F. The second kappa shape index (κ2) is 7.11. The van der Waals surface area contributed by atoms with Crippen molar-refractivity contribution in [1.82, 2.24) is 10.6 Å². The van der Waals surface area contributed by atoms with Crippen LogP contribution >= 0.6 is 0 Å². The van der Waals surface area contributed by atoms with Crippen molar-refractivity contribution >= 4 is 11.9 Å². The number of nitriles is 2. The molecule has 1 amide bonds. The number of nitrogens with zero attached hydrogens (tertiary/aromatic N) is 2. The fourth-order valence-electron chi connectivity index (χ4n) is 2.24. The van der Waals surface area contributed by atoms with Gasteiger partial charge < -0.3 is 10.4 Å². The van der Waals surface area contributed by atoms with E-state index in [2.05, 4.69) is 10.6 Å². The van der Waals surface area contributed by atoms with Gasteiger partial charge in [-0.25, -0.2) is 4.39 Å². The number of phenolic OH excluding ortho intramolecular Hbond substituents is 1. The predicted octanol–water partition coefficient (Wildman–Crippen LogP) is 1.83. The van der Waals surface area contributed by atoms with Gasteiger partial charge in [-0.05, 0) is 18.2 Å². The minimum atomic E-state index is -0.912. The zero-order chi connectivity index (χ0) is 18.6. The summed E-state index contributed by atoms with van der Waals surface area (Å²) in [4.78, 5) is 12.4. The van der Waals surface area contributed by atoms with Gasteiger partial charge in [0.2, 0.25) is 0 Å². The summed E-state index contributed by atoms with van der Waals surface area (Å²) in [7, 11) is 1.41. The van der Waals surface area contributed by atoms with Crippen molar-refractivity contribution in [3.63, 3.8) is 0 Å². The average molecular weight is 337 g/mol. The molecular formula is C17H12FN5O2. The normalized spacial score (nSPS) is 9.60. The Morgan fingerprint density at radius 2 is 1.88 bits per heavy atom.